The first-order valence-corrected chi connectivity index (χ1v) is 8.70. The molecule has 2 aliphatic heterocycles. The van der Waals surface area contributed by atoms with Gasteiger partial charge in [-0.2, -0.15) is 11.8 Å². The maximum absolute atomic E-state index is 11.7. The topological polar surface area (TPSA) is 108 Å². The Morgan fingerprint density at radius 1 is 1.43 bits per heavy atom. The number of rotatable bonds is 8. The Kier molecular flexibility index (Phi) is 6.16. The second-order valence-electron chi connectivity index (χ2n) is 5.73. The summed E-state index contributed by atoms with van der Waals surface area (Å²) in [6.07, 6.45) is 7.82. The van der Waals surface area contributed by atoms with E-state index in [2.05, 4.69) is 21.9 Å². The Hall–Kier alpha value is -1.88. The number of urea groups is 1. The van der Waals surface area contributed by atoms with Crippen molar-refractivity contribution >= 4 is 29.7 Å². The summed E-state index contributed by atoms with van der Waals surface area (Å²) in [5.41, 5.74) is 0. The van der Waals surface area contributed by atoms with E-state index in [1.54, 1.807) is 0 Å². The van der Waals surface area contributed by atoms with Gasteiger partial charge in [-0.05, 0) is 12.8 Å². The van der Waals surface area contributed by atoms with Crippen molar-refractivity contribution in [2.45, 2.75) is 55.5 Å². The fourth-order valence-corrected chi connectivity index (χ4v) is 4.40. The van der Waals surface area contributed by atoms with Crippen LogP contribution >= 0.6 is 11.8 Å². The van der Waals surface area contributed by atoms with Gasteiger partial charge in [0.25, 0.3) is 0 Å². The number of carbonyl (C=O) groups is 3. The molecule has 0 aromatic carbocycles. The minimum atomic E-state index is -1.12. The van der Waals surface area contributed by atoms with Crippen LogP contribution in [0.1, 0.15) is 32.1 Å². The van der Waals surface area contributed by atoms with E-state index in [0.717, 1.165) is 18.6 Å². The number of terminal acetylenes is 1. The van der Waals surface area contributed by atoms with Crippen molar-refractivity contribution in [1.29, 1.82) is 0 Å². The molecule has 4 N–H and O–H groups in total. The van der Waals surface area contributed by atoms with Gasteiger partial charge >= 0.3 is 12.0 Å². The van der Waals surface area contributed by atoms with Gasteiger partial charge in [-0.1, -0.05) is 6.42 Å². The molecule has 0 radical (unpaired) electrons. The van der Waals surface area contributed by atoms with Gasteiger partial charge in [0.05, 0.1) is 12.1 Å². The van der Waals surface area contributed by atoms with Gasteiger partial charge in [-0.25, -0.2) is 9.59 Å². The van der Waals surface area contributed by atoms with Gasteiger partial charge in [-0.3, -0.25) is 4.79 Å². The van der Waals surface area contributed by atoms with Crippen LogP contribution in [0, 0.1) is 12.3 Å². The van der Waals surface area contributed by atoms with Crippen molar-refractivity contribution in [3.05, 3.63) is 0 Å². The number of fused-ring (bicyclic) bond motifs is 1. The first kappa shape index (κ1) is 17.5. The molecular weight excluding hydrogens is 318 g/mol. The highest BCUT2D eigenvalue weighted by Crippen LogP contribution is 2.33. The molecule has 2 fully saturated rings. The van der Waals surface area contributed by atoms with Gasteiger partial charge in [0.1, 0.15) is 6.04 Å². The van der Waals surface area contributed by atoms with Crippen molar-refractivity contribution in [2.24, 2.45) is 0 Å². The summed E-state index contributed by atoms with van der Waals surface area (Å²) < 4.78 is 0. The summed E-state index contributed by atoms with van der Waals surface area (Å²) in [6.45, 7) is 0. The van der Waals surface area contributed by atoms with Crippen molar-refractivity contribution in [2.75, 3.05) is 5.75 Å². The SMILES string of the molecule is C#CC[C@H](NC(=O)CCCC[C@@H]1SC[C@@H]2NC(=O)N[C@@H]21)C(=O)O. The number of thioether (sulfide) groups is 1. The zero-order valence-electron chi connectivity index (χ0n) is 12.7. The number of hydrogen-bond donors (Lipinski definition) is 4. The van der Waals surface area contributed by atoms with Crippen LogP contribution in [0.3, 0.4) is 0 Å². The van der Waals surface area contributed by atoms with Crippen LogP contribution < -0.4 is 16.0 Å². The molecule has 0 spiro atoms. The first-order valence-electron chi connectivity index (χ1n) is 7.65. The number of unbranched alkanes of at least 4 members (excludes halogenated alkanes) is 1. The molecule has 2 saturated heterocycles. The van der Waals surface area contributed by atoms with Crippen LogP contribution in [0.25, 0.3) is 0 Å². The van der Waals surface area contributed by atoms with E-state index < -0.39 is 12.0 Å². The number of nitrogens with one attached hydrogen (secondary N) is 3. The standard InChI is InChI=1S/C15H21N3O4S/c1-2-5-9(14(20)21)16-12(19)7-4-3-6-11-13-10(8-23-11)17-15(22)18-13/h1,9-11,13H,3-8H2,(H,16,19)(H,20,21)(H2,17,18,22)/t9-,10-,11-,13-/m0/s1. The number of carbonyl (C=O) groups excluding carboxylic acids is 2. The molecule has 0 aromatic heterocycles. The Morgan fingerprint density at radius 2 is 2.22 bits per heavy atom. The van der Waals surface area contributed by atoms with Crippen LogP contribution in [-0.4, -0.2) is 52.1 Å². The Labute approximate surface area is 139 Å². The third-order valence-corrected chi connectivity index (χ3v) is 5.54. The van der Waals surface area contributed by atoms with Gasteiger partial charge < -0.3 is 21.1 Å². The van der Waals surface area contributed by atoms with Gasteiger partial charge in [0.15, 0.2) is 0 Å². The Bertz CT molecular complexity index is 519. The molecule has 0 bridgehead atoms. The van der Waals surface area contributed by atoms with Crippen molar-refractivity contribution < 1.29 is 19.5 Å². The summed E-state index contributed by atoms with van der Waals surface area (Å²) >= 11 is 1.84. The molecule has 2 aliphatic rings. The molecular formula is C15H21N3O4S. The molecule has 4 atom stereocenters. The molecule has 2 rings (SSSR count). The molecule has 3 amide bonds. The summed E-state index contributed by atoms with van der Waals surface area (Å²) in [5.74, 6) is 1.75. The highest BCUT2D eigenvalue weighted by atomic mass is 32.2. The van der Waals surface area contributed by atoms with Crippen LogP contribution in [0.5, 0.6) is 0 Å². The van der Waals surface area contributed by atoms with E-state index in [-0.39, 0.29) is 36.9 Å². The van der Waals surface area contributed by atoms with Crippen LogP contribution in [0.2, 0.25) is 0 Å². The molecule has 0 aromatic rings. The zero-order chi connectivity index (χ0) is 16.8. The van der Waals surface area contributed by atoms with E-state index in [4.69, 9.17) is 11.5 Å². The minimum Gasteiger partial charge on any atom is -0.480 e. The predicted octanol–water partition coefficient (Wildman–Crippen LogP) is 0.305. The first-order chi connectivity index (χ1) is 11.0. The average molecular weight is 339 g/mol. The minimum absolute atomic E-state index is 0.0183. The average Bonchev–Trinajstić information content (AvgIpc) is 3.02. The van der Waals surface area contributed by atoms with Gasteiger partial charge in [-0.15, -0.1) is 12.3 Å². The summed E-state index contributed by atoms with van der Waals surface area (Å²) in [7, 11) is 0. The molecule has 0 saturated carbocycles. The molecule has 7 nitrogen and oxygen atoms in total. The summed E-state index contributed by atoms with van der Waals surface area (Å²) in [6, 6.07) is -0.731. The number of hydrogen-bond acceptors (Lipinski definition) is 4. The van der Waals surface area contributed by atoms with E-state index in [9.17, 15) is 14.4 Å². The third kappa shape index (κ3) is 4.79. The fourth-order valence-electron chi connectivity index (χ4n) is 2.86. The number of amides is 3. The number of carboxylic acids is 1. The normalized spacial score (nSPS) is 26.6. The van der Waals surface area contributed by atoms with Crippen LogP contribution in [0.15, 0.2) is 0 Å². The lowest BCUT2D eigenvalue weighted by atomic mass is 10.0. The lowest BCUT2D eigenvalue weighted by Crippen LogP contribution is -2.40. The lowest BCUT2D eigenvalue weighted by Gasteiger charge is -2.16. The largest absolute Gasteiger partial charge is 0.480 e. The predicted molar refractivity (Wildman–Crippen MR) is 87.0 cm³/mol. The van der Waals surface area contributed by atoms with Crippen LogP contribution in [0.4, 0.5) is 4.79 Å². The maximum atomic E-state index is 11.7. The van der Waals surface area contributed by atoms with Crippen molar-refractivity contribution in [1.82, 2.24) is 16.0 Å². The lowest BCUT2D eigenvalue weighted by molar-refractivity contribution is -0.141. The second-order valence-corrected chi connectivity index (χ2v) is 7.01. The van der Waals surface area contributed by atoms with Crippen molar-refractivity contribution in [3.8, 4) is 12.3 Å². The maximum Gasteiger partial charge on any atom is 0.327 e. The Balaban J connectivity index is 1.63. The van der Waals surface area contributed by atoms with E-state index in [1.165, 1.54) is 0 Å². The highest BCUT2D eigenvalue weighted by molar-refractivity contribution is 8.00. The fraction of sp³-hybridized carbons (Fsp3) is 0.667. The molecule has 23 heavy (non-hydrogen) atoms. The summed E-state index contributed by atoms with van der Waals surface area (Å²) in [4.78, 5) is 33.9. The number of aliphatic carboxylic acids is 1. The molecule has 8 heteroatoms. The van der Waals surface area contributed by atoms with Gasteiger partial charge in [0.2, 0.25) is 5.91 Å². The van der Waals surface area contributed by atoms with Crippen LogP contribution in [-0.2, 0) is 9.59 Å². The van der Waals surface area contributed by atoms with Gasteiger partial charge in [0, 0.05) is 23.8 Å². The van der Waals surface area contributed by atoms with E-state index in [1.807, 2.05) is 11.8 Å². The molecule has 0 unspecified atom stereocenters. The number of carboxylic acid groups (broad SMARTS) is 1. The second kappa shape index (κ2) is 8.11. The molecule has 126 valence electrons. The summed E-state index contributed by atoms with van der Waals surface area (Å²) in [5, 5.41) is 17.6. The van der Waals surface area contributed by atoms with E-state index >= 15 is 0 Å². The zero-order valence-corrected chi connectivity index (χ0v) is 13.5. The highest BCUT2D eigenvalue weighted by Gasteiger charge is 2.42. The molecule has 0 aliphatic carbocycles. The quantitative estimate of drug-likeness (QED) is 0.289. The van der Waals surface area contributed by atoms with Crippen molar-refractivity contribution in [3.63, 3.8) is 0 Å². The smallest absolute Gasteiger partial charge is 0.327 e. The molecule has 2 heterocycles. The third-order valence-electron chi connectivity index (χ3n) is 4.04. The monoisotopic (exact) mass is 339 g/mol. The van der Waals surface area contributed by atoms with E-state index in [0.29, 0.717) is 11.7 Å². The Morgan fingerprint density at radius 3 is 2.91 bits per heavy atom.